The molecule has 3 atom stereocenters. The molecule has 0 spiro atoms. The predicted octanol–water partition coefficient (Wildman–Crippen LogP) is 4.25. The molecule has 0 radical (unpaired) electrons. The molecule has 2 aliphatic carbocycles. The number of rotatable bonds is 4. The SMILES string of the molecule is COC(=O)[C@H](CC(C)C)N=C1C[C@@]2(C)CC[C@]1(C)C2(C)C. The van der Waals surface area contributed by atoms with Crippen LogP contribution in [0.25, 0.3) is 0 Å². The minimum Gasteiger partial charge on any atom is -0.467 e. The smallest absolute Gasteiger partial charge is 0.330 e. The van der Waals surface area contributed by atoms with Gasteiger partial charge in [0.2, 0.25) is 0 Å². The largest absolute Gasteiger partial charge is 0.467 e. The van der Waals surface area contributed by atoms with Gasteiger partial charge in [0.15, 0.2) is 0 Å². The molecule has 0 saturated heterocycles. The molecular weight excluding hydrogens is 262 g/mol. The van der Waals surface area contributed by atoms with E-state index in [0.29, 0.717) is 11.3 Å². The van der Waals surface area contributed by atoms with Crippen LogP contribution in [0, 0.1) is 22.2 Å². The number of nitrogens with zero attached hydrogens (tertiary/aromatic N) is 1. The first-order valence-corrected chi connectivity index (χ1v) is 8.22. The zero-order valence-corrected chi connectivity index (χ0v) is 14.7. The number of esters is 1. The number of carbonyl (C=O) groups excluding carboxylic acids is 1. The lowest BCUT2D eigenvalue weighted by molar-refractivity contribution is -0.142. The summed E-state index contributed by atoms with van der Waals surface area (Å²) in [5.74, 6) is 0.249. The lowest BCUT2D eigenvalue weighted by Gasteiger charge is -2.38. The lowest BCUT2D eigenvalue weighted by atomic mass is 9.66. The van der Waals surface area contributed by atoms with Crippen molar-refractivity contribution in [2.75, 3.05) is 7.11 Å². The fraction of sp³-hybridized carbons (Fsp3) is 0.889. The van der Waals surface area contributed by atoms with Crippen molar-refractivity contribution < 1.29 is 9.53 Å². The molecule has 3 nitrogen and oxygen atoms in total. The number of aliphatic imine (C=N–C) groups is 1. The molecule has 0 aliphatic heterocycles. The van der Waals surface area contributed by atoms with Crippen molar-refractivity contribution in [3.8, 4) is 0 Å². The fourth-order valence-corrected chi connectivity index (χ4v) is 4.36. The van der Waals surface area contributed by atoms with Crippen LogP contribution in [0.5, 0.6) is 0 Å². The summed E-state index contributed by atoms with van der Waals surface area (Å²) in [6.45, 7) is 13.7. The Morgan fingerprint density at radius 2 is 1.86 bits per heavy atom. The van der Waals surface area contributed by atoms with Gasteiger partial charge in [-0.15, -0.1) is 0 Å². The molecule has 0 heterocycles. The summed E-state index contributed by atoms with van der Waals surface area (Å²) in [7, 11) is 1.46. The van der Waals surface area contributed by atoms with E-state index in [1.54, 1.807) is 0 Å². The van der Waals surface area contributed by atoms with Crippen LogP contribution in [0.3, 0.4) is 0 Å². The van der Waals surface area contributed by atoms with Gasteiger partial charge in [0.1, 0.15) is 6.04 Å². The van der Waals surface area contributed by atoms with E-state index in [2.05, 4.69) is 41.5 Å². The molecule has 2 fully saturated rings. The van der Waals surface area contributed by atoms with Gasteiger partial charge in [0, 0.05) is 11.1 Å². The van der Waals surface area contributed by atoms with Crippen molar-refractivity contribution in [1.82, 2.24) is 0 Å². The number of carbonyl (C=O) groups is 1. The maximum atomic E-state index is 12.1. The minimum atomic E-state index is -0.333. The van der Waals surface area contributed by atoms with Gasteiger partial charge >= 0.3 is 5.97 Å². The summed E-state index contributed by atoms with van der Waals surface area (Å²) in [6, 6.07) is -0.333. The van der Waals surface area contributed by atoms with Crippen LogP contribution in [0.1, 0.15) is 67.2 Å². The number of hydrogen-bond donors (Lipinski definition) is 0. The Labute approximate surface area is 129 Å². The molecule has 0 unspecified atom stereocenters. The van der Waals surface area contributed by atoms with E-state index in [1.807, 2.05) is 0 Å². The Bertz CT molecular complexity index is 466. The highest BCUT2D eigenvalue weighted by Gasteiger charge is 2.66. The van der Waals surface area contributed by atoms with Crippen molar-refractivity contribution >= 4 is 11.7 Å². The molecule has 0 amide bonds. The van der Waals surface area contributed by atoms with E-state index >= 15 is 0 Å². The highest BCUT2D eigenvalue weighted by Crippen LogP contribution is 2.70. The van der Waals surface area contributed by atoms with Crippen LogP contribution in [0.4, 0.5) is 0 Å². The zero-order valence-electron chi connectivity index (χ0n) is 14.7. The Balaban J connectivity index is 2.35. The third-order valence-electron chi connectivity index (χ3n) is 6.74. The van der Waals surface area contributed by atoms with Crippen molar-refractivity contribution in [1.29, 1.82) is 0 Å². The molecule has 0 aromatic rings. The van der Waals surface area contributed by atoms with Crippen LogP contribution >= 0.6 is 0 Å². The van der Waals surface area contributed by atoms with Crippen molar-refractivity contribution in [2.24, 2.45) is 27.2 Å². The van der Waals surface area contributed by atoms with Crippen LogP contribution in [-0.2, 0) is 9.53 Å². The maximum absolute atomic E-state index is 12.1. The Morgan fingerprint density at radius 3 is 2.24 bits per heavy atom. The number of hydrogen-bond acceptors (Lipinski definition) is 3. The highest BCUT2D eigenvalue weighted by atomic mass is 16.5. The van der Waals surface area contributed by atoms with Gasteiger partial charge in [-0.1, -0.05) is 41.5 Å². The molecule has 0 N–H and O–H groups in total. The Morgan fingerprint density at radius 1 is 1.24 bits per heavy atom. The Hall–Kier alpha value is -0.860. The molecule has 2 bridgehead atoms. The van der Waals surface area contributed by atoms with E-state index in [9.17, 15) is 4.79 Å². The molecular formula is C18H31NO2. The van der Waals surface area contributed by atoms with Crippen molar-refractivity contribution in [2.45, 2.75) is 73.3 Å². The molecule has 2 aliphatic rings. The second kappa shape index (κ2) is 5.10. The predicted molar refractivity (Wildman–Crippen MR) is 86.5 cm³/mol. The summed E-state index contributed by atoms with van der Waals surface area (Å²) in [5, 5.41) is 0. The highest BCUT2D eigenvalue weighted by molar-refractivity contribution is 5.96. The molecule has 3 heteroatoms. The summed E-state index contributed by atoms with van der Waals surface area (Å²) in [6.07, 6.45) is 4.25. The number of methoxy groups -OCH3 is 1. The minimum absolute atomic E-state index is 0.130. The van der Waals surface area contributed by atoms with Crippen LogP contribution in [0.2, 0.25) is 0 Å². The summed E-state index contributed by atoms with van der Waals surface area (Å²) in [5.41, 5.74) is 1.94. The van der Waals surface area contributed by atoms with Crippen LogP contribution in [-0.4, -0.2) is 24.8 Å². The molecule has 2 rings (SSSR count). The van der Waals surface area contributed by atoms with Gasteiger partial charge in [-0.25, -0.2) is 4.79 Å². The van der Waals surface area contributed by atoms with Gasteiger partial charge in [0.05, 0.1) is 7.11 Å². The second-order valence-corrected chi connectivity index (χ2v) is 8.44. The molecule has 120 valence electrons. The van der Waals surface area contributed by atoms with Gasteiger partial charge in [-0.3, -0.25) is 4.99 Å². The average molecular weight is 293 g/mol. The normalized spacial score (nSPS) is 37.2. The summed E-state index contributed by atoms with van der Waals surface area (Å²) >= 11 is 0. The lowest BCUT2D eigenvalue weighted by Crippen LogP contribution is -2.35. The summed E-state index contributed by atoms with van der Waals surface area (Å²) < 4.78 is 4.97. The van der Waals surface area contributed by atoms with E-state index < -0.39 is 0 Å². The average Bonchev–Trinajstić information content (AvgIpc) is 2.65. The van der Waals surface area contributed by atoms with E-state index in [4.69, 9.17) is 9.73 Å². The van der Waals surface area contributed by atoms with Gasteiger partial charge in [0.25, 0.3) is 0 Å². The maximum Gasteiger partial charge on any atom is 0.330 e. The summed E-state index contributed by atoms with van der Waals surface area (Å²) in [4.78, 5) is 17.0. The topological polar surface area (TPSA) is 38.7 Å². The van der Waals surface area contributed by atoms with Crippen molar-refractivity contribution in [3.63, 3.8) is 0 Å². The van der Waals surface area contributed by atoms with E-state index in [-0.39, 0.29) is 22.8 Å². The second-order valence-electron chi connectivity index (χ2n) is 8.44. The number of fused-ring (bicyclic) bond motifs is 2. The van der Waals surface area contributed by atoms with Gasteiger partial charge < -0.3 is 4.74 Å². The van der Waals surface area contributed by atoms with E-state index in [0.717, 1.165) is 12.8 Å². The third kappa shape index (κ3) is 2.33. The van der Waals surface area contributed by atoms with Crippen LogP contribution in [0.15, 0.2) is 4.99 Å². The first kappa shape index (κ1) is 16.5. The van der Waals surface area contributed by atoms with Crippen molar-refractivity contribution in [3.05, 3.63) is 0 Å². The van der Waals surface area contributed by atoms with E-state index in [1.165, 1.54) is 25.7 Å². The molecule has 21 heavy (non-hydrogen) atoms. The third-order valence-corrected chi connectivity index (χ3v) is 6.74. The standard InChI is InChI=1S/C18H31NO2/c1-12(2)10-13(15(20)21-7)19-14-11-17(5)8-9-18(14,6)16(17,3)4/h12-13H,8-11H2,1-7H3/t13-,17+,18-/m0/s1. The quantitative estimate of drug-likeness (QED) is 0.727. The molecule has 2 saturated carbocycles. The molecule has 0 aromatic heterocycles. The number of ether oxygens (including phenoxy) is 1. The first-order chi connectivity index (χ1) is 9.57. The fourth-order valence-electron chi connectivity index (χ4n) is 4.36. The Kier molecular flexibility index (Phi) is 4.01. The van der Waals surface area contributed by atoms with Gasteiger partial charge in [-0.05, 0) is 42.4 Å². The van der Waals surface area contributed by atoms with Gasteiger partial charge in [-0.2, -0.15) is 0 Å². The monoisotopic (exact) mass is 293 g/mol. The van der Waals surface area contributed by atoms with Crippen LogP contribution < -0.4 is 0 Å². The molecule has 0 aromatic carbocycles. The zero-order chi connectivity index (χ0) is 16.1. The first-order valence-electron chi connectivity index (χ1n) is 8.22.